The van der Waals surface area contributed by atoms with E-state index in [1.165, 1.54) is 17.5 Å². The molecule has 0 bridgehead atoms. The molecule has 3 aromatic rings. The Kier molecular flexibility index (Phi) is 8.78. The van der Waals surface area contributed by atoms with Gasteiger partial charge in [0, 0.05) is 61.5 Å². The van der Waals surface area contributed by atoms with Gasteiger partial charge in [-0.1, -0.05) is 0 Å². The van der Waals surface area contributed by atoms with Gasteiger partial charge < -0.3 is 9.08 Å². The van der Waals surface area contributed by atoms with Crippen molar-refractivity contribution in [2.45, 2.75) is 64.2 Å². The summed E-state index contributed by atoms with van der Waals surface area (Å²) in [6.07, 6.45) is -5.76. The number of hydrogen-bond donors (Lipinski definition) is 2. The van der Waals surface area contributed by atoms with Crippen molar-refractivity contribution in [2.24, 2.45) is 0 Å². The van der Waals surface area contributed by atoms with Gasteiger partial charge >= 0.3 is 22.5 Å². The maximum Gasteiger partial charge on any atom is 0.435 e. The van der Waals surface area contributed by atoms with Gasteiger partial charge in [0.05, 0.1) is 17.0 Å². The van der Waals surface area contributed by atoms with Crippen LogP contribution in [0.2, 0.25) is 0 Å². The Morgan fingerprint density at radius 1 is 1.00 bits per heavy atom. The molecule has 1 unspecified atom stereocenters. The molecule has 0 aliphatic carbocycles. The summed E-state index contributed by atoms with van der Waals surface area (Å²) in [6.45, 7) is 5.65. The first-order chi connectivity index (χ1) is 20.5. The maximum atomic E-state index is 13.3. The quantitative estimate of drug-likeness (QED) is 0.262. The summed E-state index contributed by atoms with van der Waals surface area (Å²) in [5, 5.41) is 12.8. The average Bonchev–Trinajstić information content (AvgIpc) is 3.53. The van der Waals surface area contributed by atoms with Crippen molar-refractivity contribution in [3.63, 3.8) is 0 Å². The molecule has 0 saturated carbocycles. The minimum absolute atomic E-state index is 0.00215. The van der Waals surface area contributed by atoms with Crippen molar-refractivity contribution in [1.29, 1.82) is 0 Å². The minimum atomic E-state index is -5.00. The lowest BCUT2D eigenvalue weighted by molar-refractivity contribution is -0.143. The Morgan fingerprint density at radius 2 is 1.66 bits per heavy atom. The molecule has 9 nitrogen and oxygen atoms in total. The second-order valence-electron chi connectivity index (χ2n) is 10.8. The van der Waals surface area contributed by atoms with E-state index in [0.29, 0.717) is 44.8 Å². The van der Waals surface area contributed by atoms with E-state index in [9.17, 15) is 34.8 Å². The first kappa shape index (κ1) is 32.2. The van der Waals surface area contributed by atoms with Crippen LogP contribution < -0.4 is 14.8 Å². The monoisotopic (exact) mass is 664 g/mol. The number of nitrogens with zero attached hydrogens (tertiary/aromatic N) is 4. The first-order valence-corrected chi connectivity index (χ1v) is 16.3. The Morgan fingerprint density at radius 3 is 2.27 bits per heavy atom. The summed E-state index contributed by atoms with van der Waals surface area (Å²) in [6, 6.07) is 1.72. The van der Waals surface area contributed by atoms with Crippen LogP contribution in [0.5, 0.6) is 5.75 Å². The Hall–Kier alpha value is -3.15. The number of nitrogens with one attached hydrogen (secondary N) is 2. The molecule has 1 fully saturated rings. The van der Waals surface area contributed by atoms with Crippen LogP contribution >= 0.6 is 11.3 Å². The molecule has 2 aromatic heterocycles. The fraction of sp³-hybridized carbons (Fsp3) is 0.481. The van der Waals surface area contributed by atoms with Crippen LogP contribution in [0.25, 0.3) is 6.20 Å². The number of piperidine rings is 1. The van der Waals surface area contributed by atoms with Crippen LogP contribution in [0.3, 0.4) is 0 Å². The summed E-state index contributed by atoms with van der Waals surface area (Å²) >= 11 is 1.50. The van der Waals surface area contributed by atoms with Crippen molar-refractivity contribution in [1.82, 2.24) is 30.3 Å². The van der Waals surface area contributed by atoms with Crippen LogP contribution in [-0.2, 0) is 35.6 Å². The van der Waals surface area contributed by atoms with Crippen LogP contribution in [0.15, 0.2) is 23.7 Å². The van der Waals surface area contributed by atoms with E-state index in [1.807, 2.05) is 19.2 Å². The van der Waals surface area contributed by atoms with Gasteiger partial charge in [0.1, 0.15) is 17.6 Å². The van der Waals surface area contributed by atoms with E-state index in [4.69, 9.17) is 9.17 Å². The third kappa shape index (κ3) is 7.21. The summed E-state index contributed by atoms with van der Waals surface area (Å²) in [5.41, 5.74) is 1.34. The van der Waals surface area contributed by atoms with Crippen molar-refractivity contribution >= 4 is 27.7 Å². The number of aromatic nitrogens is 3. The molecule has 1 aromatic carbocycles. The standard InChI is InChI=1S/C27H30F6N6O3S2/c1-15-10-21(42-44(3,40)41)19-13-35-24(34-12-18(19)16(15)2)20-14-43-25(36-20)17-4-6-38(7-5-17)8-9-39-23(27(31,32)33)11-22(37-39)26(28,29)30/h8-11,14,17,24,34-35H,4-7,12-13H2,1-3H3. The number of halogens is 6. The van der Waals surface area contributed by atoms with Crippen LogP contribution in [0, 0.1) is 13.8 Å². The number of fused-ring (bicyclic) bond motifs is 1. The zero-order chi connectivity index (χ0) is 32.0. The number of rotatable bonds is 6. The Labute approximate surface area is 254 Å². The molecule has 0 amide bonds. The normalized spacial score (nSPS) is 18.9. The van der Waals surface area contributed by atoms with E-state index in [2.05, 4.69) is 15.7 Å². The molecule has 1 atom stereocenters. The van der Waals surface area contributed by atoms with Gasteiger partial charge in [-0.3, -0.25) is 10.6 Å². The van der Waals surface area contributed by atoms with Crippen LogP contribution in [-0.4, -0.2) is 47.4 Å². The van der Waals surface area contributed by atoms with Gasteiger partial charge in [0.25, 0.3) is 0 Å². The Bertz CT molecular complexity index is 1660. The first-order valence-electron chi connectivity index (χ1n) is 13.6. The van der Waals surface area contributed by atoms with Gasteiger partial charge in [-0.05, 0) is 49.4 Å². The van der Waals surface area contributed by atoms with Crippen molar-refractivity contribution in [2.75, 3.05) is 19.3 Å². The lowest BCUT2D eigenvalue weighted by Gasteiger charge is -2.30. The van der Waals surface area contributed by atoms with Gasteiger partial charge in [0.15, 0.2) is 5.69 Å². The summed E-state index contributed by atoms with van der Waals surface area (Å²) < 4.78 is 108. The van der Waals surface area contributed by atoms with Gasteiger partial charge in [-0.2, -0.15) is 39.9 Å². The van der Waals surface area contributed by atoms with Gasteiger partial charge in [-0.25, -0.2) is 9.67 Å². The molecule has 5 rings (SSSR count). The predicted molar refractivity (Wildman–Crippen MR) is 151 cm³/mol. The largest absolute Gasteiger partial charge is 0.435 e. The van der Waals surface area contributed by atoms with Crippen molar-refractivity contribution in [3.8, 4) is 5.75 Å². The number of likely N-dealkylation sites (tertiary alicyclic amines) is 1. The molecule has 44 heavy (non-hydrogen) atoms. The van der Waals surface area contributed by atoms with Crippen molar-refractivity contribution in [3.05, 3.63) is 68.1 Å². The Balaban J connectivity index is 1.23. The zero-order valence-corrected chi connectivity index (χ0v) is 25.5. The van der Waals surface area contributed by atoms with Crippen molar-refractivity contribution < 1.29 is 38.9 Å². The lowest BCUT2D eigenvalue weighted by atomic mass is 9.96. The molecule has 0 radical (unpaired) electrons. The topological polar surface area (TPSA) is 101 Å². The fourth-order valence-corrected chi connectivity index (χ4v) is 6.79. The van der Waals surface area contributed by atoms with E-state index < -0.39 is 33.9 Å². The minimum Gasteiger partial charge on any atom is -0.382 e. The highest BCUT2D eigenvalue weighted by molar-refractivity contribution is 7.86. The number of benzene rings is 1. The molecule has 0 spiro atoms. The maximum absolute atomic E-state index is 13.3. The summed E-state index contributed by atoms with van der Waals surface area (Å²) in [5.74, 6) is 0.400. The molecular formula is C27H30F6N6O3S2. The number of thiazole rings is 1. The van der Waals surface area contributed by atoms with Gasteiger partial charge in [-0.15, -0.1) is 11.3 Å². The second-order valence-corrected chi connectivity index (χ2v) is 13.3. The molecule has 1 saturated heterocycles. The molecular weight excluding hydrogens is 634 g/mol. The molecule has 4 heterocycles. The number of alkyl halides is 6. The third-order valence-electron chi connectivity index (χ3n) is 7.71. The number of aryl methyl sites for hydroxylation is 1. The highest BCUT2D eigenvalue weighted by Gasteiger charge is 2.41. The molecule has 2 N–H and O–H groups in total. The summed E-state index contributed by atoms with van der Waals surface area (Å²) in [7, 11) is -3.72. The highest BCUT2D eigenvalue weighted by Crippen LogP contribution is 2.37. The number of hydrogen-bond acceptors (Lipinski definition) is 9. The zero-order valence-electron chi connectivity index (χ0n) is 23.9. The molecule has 2 aliphatic heterocycles. The van der Waals surface area contributed by atoms with Crippen LogP contribution in [0.1, 0.15) is 69.3 Å². The molecule has 2 aliphatic rings. The third-order valence-corrected chi connectivity index (χ3v) is 9.22. The fourth-order valence-electron chi connectivity index (χ4n) is 5.30. The average molecular weight is 665 g/mol. The lowest BCUT2D eigenvalue weighted by Crippen LogP contribution is -2.31. The SMILES string of the molecule is Cc1cc(OS(C)(=O)=O)c2c(c1C)CNC(c1csc(C3CCN(C=Cn4nc(C(F)(F)F)cc4C(F)(F)F)CC3)n1)NC2. The predicted octanol–water partition coefficient (Wildman–Crippen LogP) is 5.53. The van der Waals surface area contributed by atoms with E-state index in [0.717, 1.165) is 45.4 Å². The van der Waals surface area contributed by atoms with Crippen LogP contribution in [0.4, 0.5) is 26.3 Å². The summed E-state index contributed by atoms with van der Waals surface area (Å²) in [4.78, 5) is 6.59. The van der Waals surface area contributed by atoms with Gasteiger partial charge in [0.2, 0.25) is 0 Å². The molecule has 240 valence electrons. The smallest absolute Gasteiger partial charge is 0.382 e. The van der Waals surface area contributed by atoms with E-state index >= 15 is 0 Å². The molecule has 17 heteroatoms. The van der Waals surface area contributed by atoms with E-state index in [1.54, 1.807) is 11.0 Å². The highest BCUT2D eigenvalue weighted by atomic mass is 32.2. The second kappa shape index (κ2) is 12.0. The van der Waals surface area contributed by atoms with E-state index in [-0.39, 0.29) is 22.8 Å².